The number of aliphatic carboxylic acids is 1. The van der Waals surface area contributed by atoms with Crippen LogP contribution in [0.4, 0.5) is 5.82 Å². The Balaban J connectivity index is 2.23. The van der Waals surface area contributed by atoms with Gasteiger partial charge >= 0.3 is 5.97 Å². The van der Waals surface area contributed by atoms with E-state index in [-0.39, 0.29) is 11.8 Å². The highest BCUT2D eigenvalue weighted by molar-refractivity contribution is 5.72. The van der Waals surface area contributed by atoms with Gasteiger partial charge in [0, 0.05) is 24.8 Å². The van der Waals surface area contributed by atoms with Gasteiger partial charge < -0.3 is 10.0 Å². The fourth-order valence-corrected chi connectivity index (χ4v) is 2.43. The Morgan fingerprint density at radius 3 is 2.78 bits per heavy atom. The maximum atomic E-state index is 11.1. The number of hydrogen-bond acceptors (Lipinski definition) is 4. The van der Waals surface area contributed by atoms with Gasteiger partial charge in [0.25, 0.3) is 0 Å². The van der Waals surface area contributed by atoms with Crippen molar-refractivity contribution in [2.45, 2.75) is 27.2 Å². The minimum absolute atomic E-state index is 0.155. The zero-order valence-electron chi connectivity index (χ0n) is 11.1. The molecule has 0 aromatic carbocycles. The number of nitrogens with zero attached hydrogens (tertiary/aromatic N) is 3. The average molecular weight is 249 g/mol. The minimum Gasteiger partial charge on any atom is -0.481 e. The third kappa shape index (κ3) is 2.44. The molecule has 0 bridgehead atoms. The van der Waals surface area contributed by atoms with Crippen LogP contribution in [-0.2, 0) is 11.2 Å². The summed E-state index contributed by atoms with van der Waals surface area (Å²) < 4.78 is 0. The van der Waals surface area contributed by atoms with E-state index in [1.165, 1.54) is 0 Å². The van der Waals surface area contributed by atoms with Gasteiger partial charge in [-0.3, -0.25) is 4.79 Å². The highest BCUT2D eigenvalue weighted by Gasteiger charge is 2.35. The first-order chi connectivity index (χ1) is 8.51. The molecule has 1 saturated heterocycles. The van der Waals surface area contributed by atoms with Crippen LogP contribution in [0.3, 0.4) is 0 Å². The van der Waals surface area contributed by atoms with Crippen molar-refractivity contribution in [1.29, 1.82) is 0 Å². The predicted octanol–water partition coefficient (Wildman–Crippen LogP) is 1.50. The number of carbonyl (C=O) groups is 1. The minimum atomic E-state index is -0.716. The lowest BCUT2D eigenvalue weighted by atomic mass is 9.99. The fourth-order valence-electron chi connectivity index (χ4n) is 2.43. The summed E-state index contributed by atoms with van der Waals surface area (Å²) in [5.74, 6) is 0.741. The topological polar surface area (TPSA) is 66.3 Å². The fraction of sp³-hybridized carbons (Fsp3) is 0.615. The molecule has 1 aliphatic heterocycles. The number of aryl methyl sites for hydroxylation is 2. The number of carboxylic acids is 1. The van der Waals surface area contributed by atoms with Crippen molar-refractivity contribution in [2.75, 3.05) is 18.0 Å². The van der Waals surface area contributed by atoms with Gasteiger partial charge in [-0.2, -0.15) is 0 Å². The van der Waals surface area contributed by atoms with Crippen LogP contribution in [0.5, 0.6) is 0 Å². The maximum absolute atomic E-state index is 11.1. The zero-order chi connectivity index (χ0) is 13.3. The molecular formula is C13H19N3O2. The third-order valence-corrected chi connectivity index (χ3v) is 3.49. The second-order valence-electron chi connectivity index (χ2n) is 4.95. The van der Waals surface area contributed by atoms with Gasteiger partial charge in [-0.25, -0.2) is 9.97 Å². The zero-order valence-corrected chi connectivity index (χ0v) is 11.1. The molecule has 0 radical (unpaired) electrons. The molecule has 98 valence electrons. The van der Waals surface area contributed by atoms with Crippen LogP contribution in [-0.4, -0.2) is 34.1 Å². The molecule has 1 fully saturated rings. The number of aromatic nitrogens is 2. The van der Waals surface area contributed by atoms with Gasteiger partial charge in [0.1, 0.15) is 11.6 Å². The van der Waals surface area contributed by atoms with Crippen LogP contribution >= 0.6 is 0 Å². The van der Waals surface area contributed by atoms with Crippen molar-refractivity contribution in [3.63, 3.8) is 0 Å². The van der Waals surface area contributed by atoms with Crippen molar-refractivity contribution in [3.05, 3.63) is 17.6 Å². The van der Waals surface area contributed by atoms with E-state index in [1.807, 2.05) is 19.9 Å². The monoisotopic (exact) mass is 249 g/mol. The average Bonchev–Trinajstić information content (AvgIpc) is 2.70. The molecule has 0 aliphatic carbocycles. The number of anilines is 1. The molecule has 0 unspecified atom stereocenters. The number of rotatable bonds is 3. The first-order valence-corrected chi connectivity index (χ1v) is 6.33. The summed E-state index contributed by atoms with van der Waals surface area (Å²) in [4.78, 5) is 21.9. The largest absolute Gasteiger partial charge is 0.481 e. The van der Waals surface area contributed by atoms with Crippen LogP contribution in [0, 0.1) is 18.8 Å². The van der Waals surface area contributed by atoms with Crippen LogP contribution in [0.1, 0.15) is 25.4 Å². The molecule has 1 aliphatic rings. The Hall–Kier alpha value is -1.65. The van der Waals surface area contributed by atoms with Gasteiger partial charge in [-0.05, 0) is 19.3 Å². The Labute approximate surface area is 107 Å². The molecule has 1 aromatic rings. The molecule has 2 heterocycles. The van der Waals surface area contributed by atoms with Crippen molar-refractivity contribution >= 4 is 11.8 Å². The summed E-state index contributed by atoms with van der Waals surface area (Å²) in [6, 6.07) is 1.96. The molecule has 5 heteroatoms. The molecule has 1 aromatic heterocycles. The van der Waals surface area contributed by atoms with E-state index in [4.69, 9.17) is 5.11 Å². The summed E-state index contributed by atoms with van der Waals surface area (Å²) in [5, 5.41) is 9.14. The summed E-state index contributed by atoms with van der Waals surface area (Å²) in [6.07, 6.45) is 0.863. The number of hydrogen-bond donors (Lipinski definition) is 1. The quantitative estimate of drug-likeness (QED) is 0.879. The molecule has 0 spiro atoms. The van der Waals surface area contributed by atoms with E-state index in [9.17, 15) is 4.79 Å². The van der Waals surface area contributed by atoms with E-state index in [0.29, 0.717) is 6.54 Å². The molecule has 2 atom stereocenters. The van der Waals surface area contributed by atoms with Gasteiger partial charge in [-0.15, -0.1) is 0 Å². The second-order valence-corrected chi connectivity index (χ2v) is 4.95. The predicted molar refractivity (Wildman–Crippen MR) is 68.6 cm³/mol. The second kappa shape index (κ2) is 4.92. The molecule has 1 N–H and O–H groups in total. The molecule has 2 rings (SSSR count). The lowest BCUT2D eigenvalue weighted by Gasteiger charge is -2.18. The third-order valence-electron chi connectivity index (χ3n) is 3.49. The van der Waals surface area contributed by atoms with Gasteiger partial charge in [0.15, 0.2) is 0 Å². The van der Waals surface area contributed by atoms with Gasteiger partial charge in [-0.1, -0.05) is 13.8 Å². The smallest absolute Gasteiger partial charge is 0.308 e. The van der Waals surface area contributed by atoms with E-state index in [0.717, 1.165) is 30.3 Å². The summed E-state index contributed by atoms with van der Waals surface area (Å²) in [5.41, 5.74) is 1.00. The van der Waals surface area contributed by atoms with Gasteiger partial charge in [0.05, 0.1) is 5.92 Å². The van der Waals surface area contributed by atoms with Crippen molar-refractivity contribution in [3.8, 4) is 0 Å². The first-order valence-electron chi connectivity index (χ1n) is 6.33. The summed E-state index contributed by atoms with van der Waals surface area (Å²) >= 11 is 0. The highest BCUT2D eigenvalue weighted by atomic mass is 16.4. The Kier molecular flexibility index (Phi) is 3.50. The van der Waals surface area contributed by atoms with E-state index < -0.39 is 5.97 Å². The first kappa shape index (κ1) is 12.8. The Morgan fingerprint density at radius 1 is 1.50 bits per heavy atom. The van der Waals surface area contributed by atoms with Crippen molar-refractivity contribution in [1.82, 2.24) is 9.97 Å². The number of carboxylic acid groups (broad SMARTS) is 1. The van der Waals surface area contributed by atoms with Crippen LogP contribution in [0.15, 0.2) is 6.07 Å². The lowest BCUT2D eigenvalue weighted by molar-refractivity contribution is -0.142. The molecule has 18 heavy (non-hydrogen) atoms. The summed E-state index contributed by atoms with van der Waals surface area (Å²) in [6.45, 7) is 7.19. The standard InChI is InChI=1S/C13H19N3O2/c1-4-10-5-12(15-9(3)14-10)16-6-8(2)11(7-16)13(17)18/h5,8,11H,4,6-7H2,1-3H3,(H,17,18)/t8-,11-/m1/s1. The Morgan fingerprint density at radius 2 is 2.22 bits per heavy atom. The Bertz CT molecular complexity index is 462. The molecule has 5 nitrogen and oxygen atoms in total. The van der Waals surface area contributed by atoms with E-state index in [1.54, 1.807) is 0 Å². The van der Waals surface area contributed by atoms with Crippen LogP contribution < -0.4 is 4.90 Å². The van der Waals surface area contributed by atoms with Crippen LogP contribution in [0.25, 0.3) is 0 Å². The maximum Gasteiger partial charge on any atom is 0.308 e. The van der Waals surface area contributed by atoms with Crippen molar-refractivity contribution < 1.29 is 9.90 Å². The molecular weight excluding hydrogens is 230 g/mol. The van der Waals surface area contributed by atoms with Crippen LogP contribution in [0.2, 0.25) is 0 Å². The lowest BCUT2D eigenvalue weighted by Crippen LogP contribution is -2.24. The molecule has 0 amide bonds. The highest BCUT2D eigenvalue weighted by Crippen LogP contribution is 2.27. The van der Waals surface area contributed by atoms with Gasteiger partial charge in [0.2, 0.25) is 0 Å². The van der Waals surface area contributed by atoms with E-state index in [2.05, 4.69) is 21.8 Å². The summed E-state index contributed by atoms with van der Waals surface area (Å²) in [7, 11) is 0. The van der Waals surface area contributed by atoms with Crippen molar-refractivity contribution in [2.24, 2.45) is 11.8 Å². The normalized spacial score (nSPS) is 23.4. The van der Waals surface area contributed by atoms with E-state index >= 15 is 0 Å². The molecule has 0 saturated carbocycles. The SMILES string of the molecule is CCc1cc(N2C[C@@H](C)[C@H](C(=O)O)C2)nc(C)n1.